The molecule has 1 heterocycles. The van der Waals surface area contributed by atoms with Crippen molar-refractivity contribution in [2.24, 2.45) is 0 Å². The first kappa shape index (κ1) is 12.6. The van der Waals surface area contributed by atoms with Crippen LogP contribution in [0.3, 0.4) is 0 Å². The van der Waals surface area contributed by atoms with Crippen LogP contribution in [-0.2, 0) is 11.3 Å². The summed E-state index contributed by atoms with van der Waals surface area (Å²) in [6, 6.07) is 4.04. The molecule has 0 bridgehead atoms. The van der Waals surface area contributed by atoms with Crippen LogP contribution in [-0.4, -0.2) is 30.9 Å². The molecular weight excluding hydrogens is 210 g/mol. The molecule has 1 aromatic rings. The molecule has 3 nitrogen and oxygen atoms in total. The van der Waals surface area contributed by atoms with E-state index in [1.165, 1.54) is 4.88 Å². The Bertz CT molecular complexity index is 239. The average molecular weight is 229 g/mol. The van der Waals surface area contributed by atoms with Crippen LogP contribution < -0.4 is 5.32 Å². The van der Waals surface area contributed by atoms with Gasteiger partial charge >= 0.3 is 0 Å². The third-order valence-electron chi connectivity index (χ3n) is 1.94. The summed E-state index contributed by atoms with van der Waals surface area (Å²) in [5.74, 6) is 0. The predicted octanol–water partition coefficient (Wildman–Crippen LogP) is 1.63. The number of hydrogen-bond donors (Lipinski definition) is 2. The topological polar surface area (TPSA) is 41.5 Å². The monoisotopic (exact) mass is 229 g/mol. The van der Waals surface area contributed by atoms with Crippen molar-refractivity contribution in [3.8, 4) is 0 Å². The zero-order valence-electron chi connectivity index (χ0n) is 9.11. The summed E-state index contributed by atoms with van der Waals surface area (Å²) < 4.78 is 5.39. The molecule has 0 amide bonds. The van der Waals surface area contributed by atoms with Gasteiger partial charge in [0.2, 0.25) is 0 Å². The molecular formula is C11H19NO2S. The van der Waals surface area contributed by atoms with Crippen LogP contribution in [0.25, 0.3) is 0 Å². The van der Waals surface area contributed by atoms with Gasteiger partial charge in [-0.1, -0.05) is 13.0 Å². The van der Waals surface area contributed by atoms with Crippen LogP contribution in [0, 0.1) is 0 Å². The molecule has 2 N–H and O–H groups in total. The summed E-state index contributed by atoms with van der Waals surface area (Å²) in [7, 11) is 0. The average Bonchev–Trinajstić information content (AvgIpc) is 2.71. The van der Waals surface area contributed by atoms with Crippen molar-refractivity contribution in [2.75, 3.05) is 19.7 Å². The van der Waals surface area contributed by atoms with Crippen LogP contribution in [0.4, 0.5) is 0 Å². The maximum atomic E-state index is 9.52. The van der Waals surface area contributed by atoms with E-state index in [-0.39, 0.29) is 0 Å². The minimum atomic E-state index is -0.406. The van der Waals surface area contributed by atoms with E-state index >= 15 is 0 Å². The normalized spacial score (nSPS) is 12.9. The Morgan fingerprint density at radius 3 is 3.13 bits per heavy atom. The summed E-state index contributed by atoms with van der Waals surface area (Å²) in [6.45, 7) is 4.66. The number of aliphatic hydroxyl groups is 1. The van der Waals surface area contributed by atoms with E-state index in [1.54, 1.807) is 11.3 Å². The lowest BCUT2D eigenvalue weighted by atomic mass is 10.3. The van der Waals surface area contributed by atoms with Gasteiger partial charge in [0.1, 0.15) is 0 Å². The highest BCUT2D eigenvalue weighted by Crippen LogP contribution is 2.09. The number of ether oxygens (including phenoxy) is 1. The van der Waals surface area contributed by atoms with Gasteiger partial charge < -0.3 is 15.2 Å². The Kier molecular flexibility index (Phi) is 6.59. The molecule has 0 saturated carbocycles. The van der Waals surface area contributed by atoms with E-state index in [4.69, 9.17) is 4.74 Å². The first-order chi connectivity index (χ1) is 7.33. The molecule has 0 radical (unpaired) electrons. The second-order valence-electron chi connectivity index (χ2n) is 3.45. The molecule has 86 valence electrons. The van der Waals surface area contributed by atoms with Crippen LogP contribution in [0.2, 0.25) is 0 Å². The molecule has 1 atom stereocenters. The number of rotatable bonds is 8. The third-order valence-corrected chi connectivity index (χ3v) is 2.79. The first-order valence-corrected chi connectivity index (χ1v) is 6.19. The maximum absolute atomic E-state index is 9.52. The van der Waals surface area contributed by atoms with Gasteiger partial charge in [-0.05, 0) is 24.4 Å². The van der Waals surface area contributed by atoms with Crippen molar-refractivity contribution in [1.82, 2.24) is 5.32 Å². The molecule has 0 aliphatic rings. The number of nitrogens with one attached hydrogen (secondary N) is 1. The summed E-state index contributed by atoms with van der Waals surface area (Å²) in [5, 5.41) is 14.7. The van der Waals surface area contributed by atoms with E-state index in [2.05, 4.69) is 12.2 Å². The van der Waals surface area contributed by atoms with Gasteiger partial charge in [0.15, 0.2) is 0 Å². The van der Waals surface area contributed by atoms with E-state index in [0.717, 1.165) is 13.0 Å². The van der Waals surface area contributed by atoms with Crippen molar-refractivity contribution in [3.05, 3.63) is 22.4 Å². The van der Waals surface area contributed by atoms with Crippen LogP contribution in [0.15, 0.2) is 17.5 Å². The summed E-state index contributed by atoms with van der Waals surface area (Å²) in [4.78, 5) is 1.20. The Balaban J connectivity index is 1.99. The largest absolute Gasteiger partial charge is 0.389 e. The minimum absolute atomic E-state index is 0.397. The number of hydrogen-bond acceptors (Lipinski definition) is 4. The van der Waals surface area contributed by atoms with Crippen molar-refractivity contribution in [2.45, 2.75) is 26.1 Å². The summed E-state index contributed by atoms with van der Waals surface area (Å²) in [6.07, 6.45) is 0.680. The standard InChI is InChI=1S/C11H19NO2S/c1-2-5-12-7-10(13)8-14-9-11-4-3-6-15-11/h3-4,6,10,12-13H,2,5,7-9H2,1H3. The first-order valence-electron chi connectivity index (χ1n) is 5.31. The van der Waals surface area contributed by atoms with Gasteiger partial charge in [0.25, 0.3) is 0 Å². The lowest BCUT2D eigenvalue weighted by Crippen LogP contribution is -2.30. The van der Waals surface area contributed by atoms with Gasteiger partial charge in [0, 0.05) is 11.4 Å². The van der Waals surface area contributed by atoms with Crippen molar-refractivity contribution < 1.29 is 9.84 Å². The van der Waals surface area contributed by atoms with Crippen LogP contribution in [0.1, 0.15) is 18.2 Å². The Morgan fingerprint density at radius 2 is 2.47 bits per heavy atom. The van der Waals surface area contributed by atoms with Gasteiger partial charge in [-0.15, -0.1) is 11.3 Å². The molecule has 0 aromatic carbocycles. The molecule has 0 saturated heterocycles. The highest BCUT2D eigenvalue weighted by Gasteiger charge is 2.03. The molecule has 15 heavy (non-hydrogen) atoms. The fourth-order valence-corrected chi connectivity index (χ4v) is 1.84. The molecule has 1 unspecified atom stereocenters. The zero-order valence-corrected chi connectivity index (χ0v) is 9.93. The van der Waals surface area contributed by atoms with E-state index < -0.39 is 6.10 Å². The maximum Gasteiger partial charge on any atom is 0.0897 e. The van der Waals surface area contributed by atoms with Crippen molar-refractivity contribution in [1.29, 1.82) is 0 Å². The highest BCUT2D eigenvalue weighted by molar-refractivity contribution is 7.09. The second kappa shape index (κ2) is 7.82. The molecule has 1 aromatic heterocycles. The predicted molar refractivity (Wildman–Crippen MR) is 63.1 cm³/mol. The van der Waals surface area contributed by atoms with E-state index in [1.807, 2.05) is 17.5 Å². The number of thiophene rings is 1. The van der Waals surface area contributed by atoms with Gasteiger partial charge in [-0.2, -0.15) is 0 Å². The highest BCUT2D eigenvalue weighted by atomic mass is 32.1. The SMILES string of the molecule is CCCNCC(O)COCc1cccs1. The summed E-state index contributed by atoms with van der Waals surface area (Å²) in [5.41, 5.74) is 0. The quantitative estimate of drug-likeness (QED) is 0.666. The molecule has 0 fully saturated rings. The zero-order chi connectivity index (χ0) is 10.9. The fourth-order valence-electron chi connectivity index (χ4n) is 1.19. The third kappa shape index (κ3) is 5.89. The van der Waals surface area contributed by atoms with Gasteiger partial charge in [0.05, 0.1) is 19.3 Å². The van der Waals surface area contributed by atoms with Crippen molar-refractivity contribution in [3.63, 3.8) is 0 Å². The molecule has 4 heteroatoms. The molecule has 0 aliphatic heterocycles. The Hall–Kier alpha value is -0.420. The summed E-state index contributed by atoms with van der Waals surface area (Å²) >= 11 is 1.67. The lowest BCUT2D eigenvalue weighted by Gasteiger charge is -2.11. The van der Waals surface area contributed by atoms with Gasteiger partial charge in [-0.25, -0.2) is 0 Å². The Labute approximate surface area is 95.1 Å². The van der Waals surface area contributed by atoms with Crippen molar-refractivity contribution >= 4 is 11.3 Å². The number of aliphatic hydroxyl groups excluding tert-OH is 1. The molecule has 0 spiro atoms. The van der Waals surface area contributed by atoms with Crippen LogP contribution in [0.5, 0.6) is 0 Å². The van der Waals surface area contributed by atoms with Crippen LogP contribution >= 0.6 is 11.3 Å². The lowest BCUT2D eigenvalue weighted by molar-refractivity contribution is 0.0300. The Morgan fingerprint density at radius 1 is 1.60 bits per heavy atom. The van der Waals surface area contributed by atoms with E-state index in [0.29, 0.717) is 19.8 Å². The van der Waals surface area contributed by atoms with E-state index in [9.17, 15) is 5.11 Å². The second-order valence-corrected chi connectivity index (χ2v) is 4.48. The molecule has 0 aliphatic carbocycles. The molecule has 1 rings (SSSR count). The van der Waals surface area contributed by atoms with Gasteiger partial charge in [-0.3, -0.25) is 0 Å². The minimum Gasteiger partial charge on any atom is -0.389 e. The smallest absolute Gasteiger partial charge is 0.0897 e. The fraction of sp³-hybridized carbons (Fsp3) is 0.636.